The van der Waals surface area contributed by atoms with Crippen molar-refractivity contribution in [2.24, 2.45) is 0 Å². The number of carbonyl (C=O) groups excluding carboxylic acids is 2. The van der Waals surface area contributed by atoms with E-state index in [0.29, 0.717) is 10.6 Å². The maximum Gasteiger partial charge on any atom is 0.269 e. The van der Waals surface area contributed by atoms with Crippen LogP contribution in [0.2, 0.25) is 5.02 Å². The van der Waals surface area contributed by atoms with Crippen LogP contribution >= 0.6 is 11.6 Å². The van der Waals surface area contributed by atoms with Gasteiger partial charge >= 0.3 is 0 Å². The molecule has 102 valence electrons. The highest BCUT2D eigenvalue weighted by atomic mass is 35.5. The zero-order valence-corrected chi connectivity index (χ0v) is 11.4. The fraction of sp³-hybridized carbons (Fsp3) is 0.0667. The van der Waals surface area contributed by atoms with Crippen LogP contribution in [0.3, 0.4) is 0 Å². The standard InChI is InChI=1S/C15H13ClN2O2/c16-13-8-6-12(7-9-13)15(20)18-17-14(19)10-11-4-2-1-3-5-11/h1-9H,10H2,(H,17,19)(H,18,20). The molecule has 2 N–H and O–H groups in total. The number of nitrogens with one attached hydrogen (secondary N) is 2. The van der Waals surface area contributed by atoms with Crippen LogP contribution in [0, 0.1) is 0 Å². The maximum absolute atomic E-state index is 11.7. The van der Waals surface area contributed by atoms with Crippen molar-refractivity contribution in [2.75, 3.05) is 0 Å². The Balaban J connectivity index is 1.84. The van der Waals surface area contributed by atoms with Crippen molar-refractivity contribution in [3.05, 3.63) is 70.7 Å². The average Bonchev–Trinajstić information content (AvgIpc) is 2.46. The van der Waals surface area contributed by atoms with Gasteiger partial charge in [0.05, 0.1) is 6.42 Å². The van der Waals surface area contributed by atoms with Gasteiger partial charge in [-0.3, -0.25) is 20.4 Å². The van der Waals surface area contributed by atoms with E-state index in [0.717, 1.165) is 5.56 Å². The summed E-state index contributed by atoms with van der Waals surface area (Å²) in [7, 11) is 0. The minimum Gasteiger partial charge on any atom is -0.273 e. The van der Waals surface area contributed by atoms with E-state index in [2.05, 4.69) is 10.9 Å². The molecule has 0 aliphatic heterocycles. The Hall–Kier alpha value is -2.33. The second-order valence-corrected chi connectivity index (χ2v) is 4.61. The lowest BCUT2D eigenvalue weighted by atomic mass is 10.1. The van der Waals surface area contributed by atoms with E-state index in [1.54, 1.807) is 24.3 Å². The number of carbonyl (C=O) groups is 2. The molecule has 2 rings (SSSR count). The van der Waals surface area contributed by atoms with Crippen LogP contribution in [-0.2, 0) is 11.2 Å². The summed E-state index contributed by atoms with van der Waals surface area (Å²) in [5.41, 5.74) is 6.04. The van der Waals surface area contributed by atoms with Gasteiger partial charge in [-0.25, -0.2) is 0 Å². The van der Waals surface area contributed by atoms with Crippen LogP contribution in [0.5, 0.6) is 0 Å². The summed E-state index contributed by atoms with van der Waals surface area (Å²) in [6.45, 7) is 0. The molecule has 0 atom stereocenters. The van der Waals surface area contributed by atoms with E-state index >= 15 is 0 Å². The molecular formula is C15H13ClN2O2. The first kappa shape index (κ1) is 14.1. The molecule has 0 fully saturated rings. The maximum atomic E-state index is 11.7. The Labute approximate surface area is 121 Å². The number of amides is 2. The Morgan fingerprint density at radius 1 is 0.900 bits per heavy atom. The van der Waals surface area contributed by atoms with Crippen molar-refractivity contribution < 1.29 is 9.59 Å². The predicted octanol–water partition coefficient (Wildman–Crippen LogP) is 2.34. The molecule has 0 aliphatic rings. The summed E-state index contributed by atoms with van der Waals surface area (Å²) in [5, 5.41) is 0.551. The summed E-state index contributed by atoms with van der Waals surface area (Å²) in [4.78, 5) is 23.4. The molecule has 0 heterocycles. The van der Waals surface area contributed by atoms with Gasteiger partial charge in [-0.05, 0) is 29.8 Å². The quantitative estimate of drug-likeness (QED) is 0.852. The third-order valence-electron chi connectivity index (χ3n) is 2.63. The van der Waals surface area contributed by atoms with Gasteiger partial charge in [-0.2, -0.15) is 0 Å². The molecule has 0 bridgehead atoms. The number of hydrazine groups is 1. The van der Waals surface area contributed by atoms with Crippen molar-refractivity contribution in [1.82, 2.24) is 10.9 Å². The van der Waals surface area contributed by atoms with Gasteiger partial charge in [0.25, 0.3) is 5.91 Å². The second-order valence-electron chi connectivity index (χ2n) is 4.17. The molecule has 0 spiro atoms. The summed E-state index contributed by atoms with van der Waals surface area (Å²) < 4.78 is 0. The number of halogens is 1. The van der Waals surface area contributed by atoms with Gasteiger partial charge in [0.15, 0.2) is 0 Å². The number of hydrogen-bond donors (Lipinski definition) is 2. The molecule has 0 unspecified atom stereocenters. The lowest BCUT2D eigenvalue weighted by Crippen LogP contribution is -2.42. The molecule has 4 nitrogen and oxygen atoms in total. The van der Waals surface area contributed by atoms with Crippen LogP contribution in [0.15, 0.2) is 54.6 Å². The van der Waals surface area contributed by atoms with Crippen LogP contribution in [-0.4, -0.2) is 11.8 Å². The molecule has 2 aromatic rings. The summed E-state index contributed by atoms with van der Waals surface area (Å²) in [5.74, 6) is -0.665. The van der Waals surface area contributed by atoms with E-state index in [-0.39, 0.29) is 18.2 Å². The molecule has 0 saturated heterocycles. The van der Waals surface area contributed by atoms with Crippen molar-refractivity contribution in [3.8, 4) is 0 Å². The zero-order chi connectivity index (χ0) is 14.4. The van der Waals surface area contributed by atoms with Gasteiger partial charge in [-0.15, -0.1) is 0 Å². The normalized spacial score (nSPS) is 9.85. The van der Waals surface area contributed by atoms with Gasteiger partial charge in [0, 0.05) is 10.6 Å². The first-order chi connectivity index (χ1) is 9.65. The topological polar surface area (TPSA) is 58.2 Å². The Bertz CT molecular complexity index is 597. The van der Waals surface area contributed by atoms with Crippen molar-refractivity contribution in [3.63, 3.8) is 0 Å². The molecule has 2 amide bonds. The van der Waals surface area contributed by atoms with Crippen LogP contribution in [0.4, 0.5) is 0 Å². The smallest absolute Gasteiger partial charge is 0.269 e. The number of benzene rings is 2. The Morgan fingerprint density at radius 3 is 2.20 bits per heavy atom. The van der Waals surface area contributed by atoms with E-state index in [1.165, 1.54) is 0 Å². The van der Waals surface area contributed by atoms with E-state index < -0.39 is 0 Å². The van der Waals surface area contributed by atoms with Crippen molar-refractivity contribution in [2.45, 2.75) is 6.42 Å². The number of hydrogen-bond acceptors (Lipinski definition) is 2. The van der Waals surface area contributed by atoms with Crippen LogP contribution < -0.4 is 10.9 Å². The molecule has 0 aromatic heterocycles. The summed E-state index contributed by atoms with van der Waals surface area (Å²) >= 11 is 5.73. The minimum absolute atomic E-state index is 0.210. The highest BCUT2D eigenvalue weighted by Crippen LogP contribution is 2.09. The molecular weight excluding hydrogens is 276 g/mol. The van der Waals surface area contributed by atoms with Crippen LogP contribution in [0.1, 0.15) is 15.9 Å². The van der Waals surface area contributed by atoms with E-state index in [1.807, 2.05) is 30.3 Å². The Kier molecular flexibility index (Phi) is 4.74. The monoisotopic (exact) mass is 288 g/mol. The molecule has 0 saturated carbocycles. The second kappa shape index (κ2) is 6.73. The third kappa shape index (κ3) is 4.10. The molecule has 0 aliphatic carbocycles. The van der Waals surface area contributed by atoms with Gasteiger partial charge < -0.3 is 0 Å². The fourth-order valence-corrected chi connectivity index (χ4v) is 1.75. The lowest BCUT2D eigenvalue weighted by Gasteiger charge is -2.07. The molecule has 2 aromatic carbocycles. The van der Waals surface area contributed by atoms with Crippen molar-refractivity contribution >= 4 is 23.4 Å². The fourth-order valence-electron chi connectivity index (χ4n) is 1.63. The molecule has 5 heteroatoms. The van der Waals surface area contributed by atoms with E-state index in [4.69, 9.17) is 11.6 Å². The highest BCUT2D eigenvalue weighted by molar-refractivity contribution is 6.30. The predicted molar refractivity (Wildman–Crippen MR) is 77.2 cm³/mol. The largest absolute Gasteiger partial charge is 0.273 e. The Morgan fingerprint density at radius 2 is 1.55 bits per heavy atom. The molecule has 0 radical (unpaired) electrons. The average molecular weight is 289 g/mol. The highest BCUT2D eigenvalue weighted by Gasteiger charge is 2.07. The zero-order valence-electron chi connectivity index (χ0n) is 10.6. The first-order valence-electron chi connectivity index (χ1n) is 6.04. The van der Waals surface area contributed by atoms with Gasteiger partial charge in [0.1, 0.15) is 0 Å². The van der Waals surface area contributed by atoms with Crippen LogP contribution in [0.25, 0.3) is 0 Å². The minimum atomic E-state index is -0.386. The first-order valence-corrected chi connectivity index (χ1v) is 6.41. The lowest BCUT2D eigenvalue weighted by molar-refractivity contribution is -0.121. The molecule has 20 heavy (non-hydrogen) atoms. The van der Waals surface area contributed by atoms with Crippen molar-refractivity contribution in [1.29, 1.82) is 0 Å². The number of rotatable bonds is 3. The van der Waals surface area contributed by atoms with Gasteiger partial charge in [-0.1, -0.05) is 41.9 Å². The van der Waals surface area contributed by atoms with E-state index in [9.17, 15) is 9.59 Å². The van der Waals surface area contributed by atoms with Gasteiger partial charge in [0.2, 0.25) is 5.91 Å². The SMILES string of the molecule is O=C(Cc1ccccc1)NNC(=O)c1ccc(Cl)cc1. The summed E-state index contributed by atoms with van der Waals surface area (Å²) in [6.07, 6.45) is 0.210. The summed E-state index contributed by atoms with van der Waals surface area (Å²) in [6, 6.07) is 15.7. The third-order valence-corrected chi connectivity index (χ3v) is 2.88.